The van der Waals surface area contributed by atoms with E-state index in [0.717, 1.165) is 23.8 Å². The van der Waals surface area contributed by atoms with Crippen molar-refractivity contribution in [3.8, 4) is 0 Å². The van der Waals surface area contributed by atoms with Gasteiger partial charge < -0.3 is 0 Å². The molecule has 0 spiro atoms. The van der Waals surface area contributed by atoms with Crippen LogP contribution in [0.2, 0.25) is 0 Å². The molecule has 3 nitrogen and oxygen atoms in total. The Labute approximate surface area is 196 Å². The van der Waals surface area contributed by atoms with Crippen LogP contribution in [0.3, 0.4) is 0 Å². The fourth-order valence-corrected chi connectivity index (χ4v) is 4.25. The van der Waals surface area contributed by atoms with Gasteiger partial charge in [0.2, 0.25) is 5.91 Å². The van der Waals surface area contributed by atoms with E-state index in [9.17, 15) is 4.79 Å². The third kappa shape index (κ3) is 11.5. The number of rotatable bonds is 18. The number of benzene rings is 2. The Hall–Kier alpha value is -2.16. The monoisotopic (exact) mass is 436 g/mol. The van der Waals surface area contributed by atoms with Gasteiger partial charge in [0.1, 0.15) is 0 Å². The Morgan fingerprint density at radius 3 is 1.88 bits per heavy atom. The maximum atomic E-state index is 12.0. The van der Waals surface area contributed by atoms with Gasteiger partial charge in [-0.1, -0.05) is 139 Å². The fourth-order valence-electron chi connectivity index (χ4n) is 4.25. The highest BCUT2D eigenvalue weighted by atomic mass is 16.2. The Balaban J connectivity index is 1.41. The molecule has 0 bridgehead atoms. The van der Waals surface area contributed by atoms with Crippen LogP contribution >= 0.6 is 0 Å². The number of amides is 1. The van der Waals surface area contributed by atoms with Crippen LogP contribution in [0.4, 0.5) is 0 Å². The van der Waals surface area contributed by atoms with Crippen LogP contribution in [0, 0.1) is 0 Å². The zero-order valence-corrected chi connectivity index (χ0v) is 20.3. The summed E-state index contributed by atoms with van der Waals surface area (Å²) in [5, 5.41) is 6.49. The van der Waals surface area contributed by atoms with Crippen LogP contribution in [0.15, 0.2) is 47.6 Å². The topological polar surface area (TPSA) is 41.5 Å². The number of hydrogen-bond acceptors (Lipinski definition) is 2. The quantitative estimate of drug-likeness (QED) is 0.142. The third-order valence-electron chi connectivity index (χ3n) is 6.22. The van der Waals surface area contributed by atoms with Crippen molar-refractivity contribution in [1.29, 1.82) is 0 Å². The molecule has 0 unspecified atom stereocenters. The molecule has 2 aromatic carbocycles. The van der Waals surface area contributed by atoms with Gasteiger partial charge >= 0.3 is 0 Å². The molecule has 0 aromatic heterocycles. The van der Waals surface area contributed by atoms with E-state index < -0.39 is 0 Å². The molecular weight excluding hydrogens is 392 g/mol. The maximum Gasteiger partial charge on any atom is 0.240 e. The van der Waals surface area contributed by atoms with Crippen LogP contribution in [-0.4, -0.2) is 12.1 Å². The van der Waals surface area contributed by atoms with Crippen LogP contribution in [-0.2, 0) is 4.79 Å². The summed E-state index contributed by atoms with van der Waals surface area (Å²) in [6.07, 6.45) is 22.4. The second-order valence-electron chi connectivity index (χ2n) is 9.06. The molecule has 0 atom stereocenters. The first-order valence-corrected chi connectivity index (χ1v) is 13.1. The normalized spacial score (nSPS) is 11.4. The molecule has 0 aliphatic rings. The van der Waals surface area contributed by atoms with Crippen LogP contribution in [0.1, 0.15) is 115 Å². The SMILES string of the molecule is CCCCCCCCCCCCCCCCCC(=O)N/N=C\c1cccc2ccccc12. The van der Waals surface area contributed by atoms with Crippen LogP contribution in [0.5, 0.6) is 0 Å². The summed E-state index contributed by atoms with van der Waals surface area (Å²) in [5.74, 6) is 0.0104. The zero-order valence-electron chi connectivity index (χ0n) is 20.3. The molecule has 1 N–H and O–H groups in total. The Kier molecular flexibility index (Phi) is 14.2. The van der Waals surface area contributed by atoms with Crippen LogP contribution in [0.25, 0.3) is 10.8 Å². The molecule has 2 aromatic rings. The predicted molar refractivity (Wildman–Crippen MR) is 139 cm³/mol. The Bertz CT molecular complexity index is 778. The molecule has 176 valence electrons. The summed E-state index contributed by atoms with van der Waals surface area (Å²) in [4.78, 5) is 12.0. The number of carbonyl (C=O) groups is 1. The minimum atomic E-state index is 0.0104. The predicted octanol–water partition coefficient (Wildman–Crippen LogP) is 8.55. The number of hydrogen-bond donors (Lipinski definition) is 1. The summed E-state index contributed by atoms with van der Waals surface area (Å²) >= 11 is 0. The number of unbranched alkanes of at least 4 members (excludes halogenated alkanes) is 14. The van der Waals surface area contributed by atoms with E-state index in [2.05, 4.69) is 35.7 Å². The van der Waals surface area contributed by atoms with E-state index >= 15 is 0 Å². The summed E-state index contributed by atoms with van der Waals surface area (Å²) in [5.41, 5.74) is 3.70. The van der Waals surface area contributed by atoms with Gasteiger partial charge in [-0.15, -0.1) is 0 Å². The van der Waals surface area contributed by atoms with Gasteiger partial charge in [-0.25, -0.2) is 5.43 Å². The maximum absolute atomic E-state index is 12.0. The highest BCUT2D eigenvalue weighted by Crippen LogP contribution is 2.17. The number of hydrazone groups is 1. The summed E-state index contributed by atoms with van der Waals surface area (Å²) in [7, 11) is 0. The van der Waals surface area contributed by atoms with Crippen molar-refractivity contribution in [2.24, 2.45) is 5.10 Å². The van der Waals surface area contributed by atoms with Gasteiger partial charge in [0, 0.05) is 12.0 Å². The molecule has 0 radical (unpaired) electrons. The minimum absolute atomic E-state index is 0.0104. The zero-order chi connectivity index (χ0) is 22.7. The molecule has 0 heterocycles. The number of nitrogens with zero attached hydrogens (tertiary/aromatic N) is 1. The number of carbonyl (C=O) groups excluding carboxylic acids is 1. The fraction of sp³-hybridized carbons (Fsp3) is 0.586. The van der Waals surface area contributed by atoms with Gasteiger partial charge in [0.05, 0.1) is 6.21 Å². The first-order valence-electron chi connectivity index (χ1n) is 13.1. The first kappa shape index (κ1) is 26.1. The van der Waals surface area contributed by atoms with E-state index in [1.54, 1.807) is 6.21 Å². The van der Waals surface area contributed by atoms with Gasteiger partial charge in [0.25, 0.3) is 0 Å². The van der Waals surface area contributed by atoms with Crippen molar-refractivity contribution >= 4 is 22.9 Å². The molecule has 1 amide bonds. The highest BCUT2D eigenvalue weighted by molar-refractivity contribution is 5.99. The summed E-state index contributed by atoms with van der Waals surface area (Å²) in [6, 6.07) is 14.3. The van der Waals surface area contributed by atoms with Crippen LogP contribution < -0.4 is 5.43 Å². The third-order valence-corrected chi connectivity index (χ3v) is 6.22. The highest BCUT2D eigenvalue weighted by Gasteiger charge is 2.01. The smallest absolute Gasteiger partial charge is 0.240 e. The lowest BCUT2D eigenvalue weighted by molar-refractivity contribution is -0.121. The lowest BCUT2D eigenvalue weighted by Crippen LogP contribution is -2.16. The van der Waals surface area contributed by atoms with Crippen molar-refractivity contribution in [2.45, 2.75) is 110 Å². The second-order valence-corrected chi connectivity index (χ2v) is 9.06. The van der Waals surface area contributed by atoms with E-state index in [4.69, 9.17) is 0 Å². The molecule has 0 aliphatic heterocycles. The van der Waals surface area contributed by atoms with E-state index in [-0.39, 0.29) is 5.91 Å². The molecule has 3 heteroatoms. The van der Waals surface area contributed by atoms with Gasteiger partial charge in [-0.05, 0) is 17.2 Å². The molecule has 0 saturated carbocycles. The van der Waals surface area contributed by atoms with Gasteiger partial charge in [0.15, 0.2) is 0 Å². The van der Waals surface area contributed by atoms with Crippen molar-refractivity contribution in [3.63, 3.8) is 0 Å². The number of nitrogens with one attached hydrogen (secondary N) is 1. The largest absolute Gasteiger partial charge is 0.273 e. The van der Waals surface area contributed by atoms with Crippen molar-refractivity contribution in [2.75, 3.05) is 0 Å². The average Bonchev–Trinajstić information content (AvgIpc) is 2.81. The van der Waals surface area contributed by atoms with Crippen molar-refractivity contribution in [1.82, 2.24) is 5.43 Å². The Morgan fingerprint density at radius 2 is 1.25 bits per heavy atom. The summed E-state index contributed by atoms with van der Waals surface area (Å²) in [6.45, 7) is 2.28. The lowest BCUT2D eigenvalue weighted by atomic mass is 10.0. The molecule has 2 rings (SSSR count). The van der Waals surface area contributed by atoms with Crippen molar-refractivity contribution < 1.29 is 4.79 Å². The molecule has 0 saturated heterocycles. The lowest BCUT2D eigenvalue weighted by Gasteiger charge is -2.04. The average molecular weight is 437 g/mol. The molecule has 0 fully saturated rings. The summed E-state index contributed by atoms with van der Waals surface area (Å²) < 4.78 is 0. The van der Waals surface area contributed by atoms with E-state index in [1.165, 1.54) is 88.9 Å². The van der Waals surface area contributed by atoms with Gasteiger partial charge in [-0.3, -0.25) is 4.79 Å². The first-order chi connectivity index (χ1) is 15.8. The minimum Gasteiger partial charge on any atom is -0.273 e. The van der Waals surface area contributed by atoms with E-state index in [0.29, 0.717) is 6.42 Å². The second kappa shape index (κ2) is 17.4. The standard InChI is InChI=1S/C29H44N2O/c1-2-3-4-5-6-7-8-9-10-11-12-13-14-15-16-24-29(32)31-30-25-27-22-19-21-26-20-17-18-23-28(26)27/h17-23,25H,2-16,24H2,1H3,(H,31,32)/b30-25-. The molecule has 0 aliphatic carbocycles. The molecular formula is C29H44N2O. The van der Waals surface area contributed by atoms with Crippen molar-refractivity contribution in [3.05, 3.63) is 48.0 Å². The molecule has 32 heavy (non-hydrogen) atoms. The number of fused-ring (bicyclic) bond motifs is 1. The van der Waals surface area contributed by atoms with E-state index in [1.807, 2.05) is 24.3 Å². The van der Waals surface area contributed by atoms with Gasteiger partial charge in [-0.2, -0.15) is 5.10 Å². The Morgan fingerprint density at radius 1 is 0.719 bits per heavy atom.